The number of hydrogen-bond acceptors (Lipinski definition) is 4. The molecule has 0 bridgehead atoms. The fourth-order valence-electron chi connectivity index (χ4n) is 1.93. The Hall–Kier alpha value is -2.06. The summed E-state index contributed by atoms with van der Waals surface area (Å²) in [6.45, 7) is 1.90. The molecule has 1 aliphatic rings. The van der Waals surface area contributed by atoms with Crippen LogP contribution >= 0.6 is 11.6 Å². The van der Waals surface area contributed by atoms with Crippen molar-refractivity contribution in [3.63, 3.8) is 0 Å². The largest absolute Gasteiger partial charge is 0.370 e. The van der Waals surface area contributed by atoms with Crippen molar-refractivity contribution in [3.05, 3.63) is 22.7 Å². The van der Waals surface area contributed by atoms with Gasteiger partial charge in [0.05, 0.1) is 34.5 Å². The highest BCUT2D eigenvalue weighted by atomic mass is 35.5. The van der Waals surface area contributed by atoms with E-state index in [2.05, 4.69) is 11.4 Å². The summed E-state index contributed by atoms with van der Waals surface area (Å²) in [6, 6.07) is 5.22. The van der Waals surface area contributed by atoms with Gasteiger partial charge in [0.2, 0.25) is 0 Å². The van der Waals surface area contributed by atoms with E-state index in [0.717, 1.165) is 0 Å². The van der Waals surface area contributed by atoms with Gasteiger partial charge in [-0.2, -0.15) is 5.26 Å². The van der Waals surface area contributed by atoms with Crippen LogP contribution in [0.1, 0.15) is 23.7 Å². The molecule has 0 aromatic heterocycles. The van der Waals surface area contributed by atoms with Gasteiger partial charge < -0.3 is 10.2 Å². The molecule has 0 saturated carbocycles. The minimum Gasteiger partial charge on any atom is -0.370 e. The molecule has 0 aliphatic carbocycles. The molecule has 1 heterocycles. The average Bonchev–Trinajstić information content (AvgIpc) is 2.64. The van der Waals surface area contributed by atoms with Gasteiger partial charge >= 0.3 is 0 Å². The molecule has 6 heteroatoms. The number of ketones is 1. The summed E-state index contributed by atoms with van der Waals surface area (Å²) in [5.41, 5.74) is 1.43. The monoisotopic (exact) mass is 277 g/mol. The molecule has 1 N–H and O–H groups in total. The van der Waals surface area contributed by atoms with Crippen molar-refractivity contribution in [1.29, 1.82) is 5.26 Å². The van der Waals surface area contributed by atoms with Gasteiger partial charge in [0.15, 0.2) is 0 Å². The van der Waals surface area contributed by atoms with Crippen molar-refractivity contribution in [2.45, 2.75) is 19.4 Å². The SMILES string of the molecule is CC(CC#N)N(C)c1cc2c(cc1Cl)C(=O)C(=O)N2. The van der Waals surface area contributed by atoms with Gasteiger partial charge in [-0.15, -0.1) is 0 Å². The lowest BCUT2D eigenvalue weighted by Gasteiger charge is -2.26. The molecule has 0 radical (unpaired) electrons. The second-order valence-electron chi connectivity index (χ2n) is 4.45. The van der Waals surface area contributed by atoms with Gasteiger partial charge in [-0.3, -0.25) is 9.59 Å². The quantitative estimate of drug-likeness (QED) is 0.860. The highest BCUT2D eigenvalue weighted by molar-refractivity contribution is 6.52. The number of hydrogen-bond donors (Lipinski definition) is 1. The van der Waals surface area contributed by atoms with Crippen molar-refractivity contribution in [2.24, 2.45) is 0 Å². The molecule has 0 spiro atoms. The first-order chi connectivity index (χ1) is 8.95. The van der Waals surface area contributed by atoms with E-state index >= 15 is 0 Å². The van der Waals surface area contributed by atoms with E-state index in [0.29, 0.717) is 28.4 Å². The maximum absolute atomic E-state index is 11.5. The zero-order valence-corrected chi connectivity index (χ0v) is 11.3. The first-order valence-electron chi connectivity index (χ1n) is 5.74. The van der Waals surface area contributed by atoms with Crippen LogP contribution in [0.4, 0.5) is 11.4 Å². The first-order valence-corrected chi connectivity index (χ1v) is 6.12. The average molecular weight is 278 g/mol. The van der Waals surface area contributed by atoms with Crippen LogP contribution in [-0.4, -0.2) is 24.8 Å². The van der Waals surface area contributed by atoms with Crippen LogP contribution in [0.25, 0.3) is 0 Å². The van der Waals surface area contributed by atoms with Crippen molar-refractivity contribution < 1.29 is 9.59 Å². The second kappa shape index (κ2) is 4.90. The van der Waals surface area contributed by atoms with E-state index in [1.165, 1.54) is 6.07 Å². The molecule has 1 aromatic carbocycles. The van der Waals surface area contributed by atoms with Crippen LogP contribution in [0.2, 0.25) is 5.02 Å². The van der Waals surface area contributed by atoms with Crippen molar-refractivity contribution in [2.75, 3.05) is 17.3 Å². The minimum absolute atomic E-state index is 0.0200. The molecule has 2 rings (SSSR count). The van der Waals surface area contributed by atoms with Gasteiger partial charge in [0.25, 0.3) is 11.7 Å². The summed E-state index contributed by atoms with van der Waals surface area (Å²) < 4.78 is 0. The summed E-state index contributed by atoms with van der Waals surface area (Å²) in [4.78, 5) is 24.7. The van der Waals surface area contributed by atoms with Crippen LogP contribution in [0, 0.1) is 11.3 Å². The molecular weight excluding hydrogens is 266 g/mol. The van der Waals surface area contributed by atoms with E-state index in [4.69, 9.17) is 16.9 Å². The van der Waals surface area contributed by atoms with Gasteiger partial charge in [0.1, 0.15) is 0 Å². The van der Waals surface area contributed by atoms with Gasteiger partial charge in [0, 0.05) is 13.1 Å². The van der Waals surface area contributed by atoms with Crippen LogP contribution in [-0.2, 0) is 4.79 Å². The van der Waals surface area contributed by atoms with Crippen LogP contribution in [0.3, 0.4) is 0 Å². The molecule has 1 unspecified atom stereocenters. The maximum atomic E-state index is 11.5. The molecular formula is C13H12ClN3O2. The van der Waals surface area contributed by atoms with Crippen LogP contribution < -0.4 is 10.2 Å². The van der Waals surface area contributed by atoms with E-state index in [9.17, 15) is 9.59 Å². The predicted octanol–water partition coefficient (Wildman–Crippen LogP) is 2.21. The third-order valence-electron chi connectivity index (χ3n) is 3.21. The molecule has 19 heavy (non-hydrogen) atoms. The number of carbonyl (C=O) groups excluding carboxylic acids is 2. The van der Waals surface area contributed by atoms with Crippen LogP contribution in [0.15, 0.2) is 12.1 Å². The number of Topliss-reactive ketones (excluding diaryl/α,β-unsaturated/α-hetero) is 1. The minimum atomic E-state index is -0.643. The Morgan fingerprint density at radius 1 is 1.47 bits per heavy atom. The topological polar surface area (TPSA) is 73.2 Å². The molecule has 0 saturated heterocycles. The molecule has 5 nitrogen and oxygen atoms in total. The third kappa shape index (κ3) is 2.27. The number of anilines is 2. The number of halogens is 1. The number of carbonyl (C=O) groups is 2. The Morgan fingerprint density at radius 3 is 2.79 bits per heavy atom. The standard InChI is InChI=1S/C13H12ClN3O2/c1-7(3-4-15)17(2)11-6-10-8(5-9(11)14)12(18)13(19)16-10/h5-7H,3H2,1-2H3,(H,16,18,19). The van der Waals surface area contributed by atoms with Crippen LogP contribution in [0.5, 0.6) is 0 Å². The molecule has 1 atom stereocenters. The van der Waals surface area contributed by atoms with Gasteiger partial charge in [-0.1, -0.05) is 11.6 Å². The first kappa shape index (κ1) is 13.4. The molecule has 98 valence electrons. The number of fused-ring (bicyclic) bond motifs is 1. The maximum Gasteiger partial charge on any atom is 0.296 e. The van der Waals surface area contributed by atoms with Gasteiger partial charge in [-0.25, -0.2) is 0 Å². The highest BCUT2D eigenvalue weighted by Crippen LogP contribution is 2.35. The Balaban J connectivity index is 2.40. The van der Waals surface area contributed by atoms with Crippen molar-refractivity contribution in [3.8, 4) is 6.07 Å². The smallest absolute Gasteiger partial charge is 0.296 e. The van der Waals surface area contributed by atoms with E-state index in [1.807, 2.05) is 18.9 Å². The summed E-state index contributed by atoms with van der Waals surface area (Å²) in [5.74, 6) is -1.22. The Labute approximate surface area is 115 Å². The Morgan fingerprint density at radius 2 is 2.16 bits per heavy atom. The van der Waals surface area contributed by atoms with Gasteiger partial charge in [-0.05, 0) is 19.1 Å². The summed E-state index contributed by atoms with van der Waals surface area (Å²) >= 11 is 6.14. The number of nitriles is 1. The third-order valence-corrected chi connectivity index (χ3v) is 3.52. The summed E-state index contributed by atoms with van der Waals surface area (Å²) in [6.07, 6.45) is 0.356. The number of rotatable bonds is 3. The fourth-order valence-corrected chi connectivity index (χ4v) is 2.23. The van der Waals surface area contributed by atoms with E-state index in [-0.39, 0.29) is 6.04 Å². The Bertz CT molecular complexity index is 607. The Kier molecular flexibility index (Phi) is 3.45. The van der Waals surface area contributed by atoms with Crippen molar-refractivity contribution in [1.82, 2.24) is 0 Å². The zero-order valence-electron chi connectivity index (χ0n) is 10.5. The molecule has 1 aromatic rings. The fraction of sp³-hybridized carbons (Fsp3) is 0.308. The second-order valence-corrected chi connectivity index (χ2v) is 4.86. The lowest BCUT2D eigenvalue weighted by atomic mass is 10.1. The number of nitrogens with one attached hydrogen (secondary N) is 1. The lowest BCUT2D eigenvalue weighted by molar-refractivity contribution is -0.112. The molecule has 0 fully saturated rings. The predicted molar refractivity (Wildman–Crippen MR) is 72.5 cm³/mol. The lowest BCUT2D eigenvalue weighted by Crippen LogP contribution is -2.28. The molecule has 1 aliphatic heterocycles. The number of benzene rings is 1. The summed E-state index contributed by atoms with van der Waals surface area (Å²) in [5, 5.41) is 11.6. The highest BCUT2D eigenvalue weighted by Gasteiger charge is 2.29. The zero-order chi connectivity index (χ0) is 14.2. The molecule has 1 amide bonds. The normalized spacial score (nSPS) is 14.6. The number of nitrogens with zero attached hydrogens (tertiary/aromatic N) is 2. The number of amides is 1. The van der Waals surface area contributed by atoms with E-state index in [1.54, 1.807) is 6.07 Å². The van der Waals surface area contributed by atoms with E-state index < -0.39 is 11.7 Å². The van der Waals surface area contributed by atoms with Crippen molar-refractivity contribution >= 4 is 34.7 Å². The summed E-state index contributed by atoms with van der Waals surface area (Å²) in [7, 11) is 1.81.